The van der Waals surface area contributed by atoms with Crippen molar-refractivity contribution >= 4 is 17.3 Å². The van der Waals surface area contributed by atoms with E-state index in [1.165, 1.54) is 0 Å². The molecule has 1 N–H and O–H groups in total. The lowest BCUT2D eigenvalue weighted by molar-refractivity contribution is 0.102. The van der Waals surface area contributed by atoms with Crippen molar-refractivity contribution in [1.29, 1.82) is 0 Å². The number of hydrogen-bond donors (Lipinski definition) is 1. The molecule has 0 aromatic heterocycles. The van der Waals surface area contributed by atoms with Gasteiger partial charge in [0.1, 0.15) is 12.4 Å². The maximum absolute atomic E-state index is 12.5. The smallest absolute Gasteiger partial charge is 0.255 e. The number of benzene rings is 2. The van der Waals surface area contributed by atoms with Crippen LogP contribution in [0.4, 0.5) is 11.4 Å². The van der Waals surface area contributed by atoms with E-state index in [9.17, 15) is 4.79 Å². The van der Waals surface area contributed by atoms with E-state index < -0.39 is 0 Å². The van der Waals surface area contributed by atoms with Crippen molar-refractivity contribution in [2.45, 2.75) is 6.92 Å². The zero-order valence-electron chi connectivity index (χ0n) is 15.0. The summed E-state index contributed by atoms with van der Waals surface area (Å²) in [6, 6.07) is 13.2. The van der Waals surface area contributed by atoms with Gasteiger partial charge in [0, 0.05) is 30.0 Å². The Balaban J connectivity index is 1.66. The molecular formula is C21H24N2O3. The van der Waals surface area contributed by atoms with Gasteiger partial charge in [-0.05, 0) is 55.0 Å². The number of amides is 1. The van der Waals surface area contributed by atoms with Crippen LogP contribution in [0.1, 0.15) is 15.9 Å². The van der Waals surface area contributed by atoms with Gasteiger partial charge in [0.25, 0.3) is 5.91 Å². The van der Waals surface area contributed by atoms with Gasteiger partial charge in [0.2, 0.25) is 0 Å². The van der Waals surface area contributed by atoms with Crippen LogP contribution in [0.15, 0.2) is 55.1 Å². The second-order valence-corrected chi connectivity index (χ2v) is 6.18. The van der Waals surface area contributed by atoms with E-state index >= 15 is 0 Å². The Kier molecular flexibility index (Phi) is 5.92. The molecule has 26 heavy (non-hydrogen) atoms. The number of nitrogens with one attached hydrogen (secondary N) is 1. The molecule has 1 saturated heterocycles. The van der Waals surface area contributed by atoms with Crippen LogP contribution in [0, 0.1) is 6.92 Å². The molecule has 5 heteroatoms. The molecule has 1 aliphatic rings. The highest BCUT2D eigenvalue weighted by Gasteiger charge is 2.13. The average Bonchev–Trinajstić information content (AvgIpc) is 2.69. The van der Waals surface area contributed by atoms with Gasteiger partial charge >= 0.3 is 0 Å². The second kappa shape index (κ2) is 8.54. The topological polar surface area (TPSA) is 50.8 Å². The minimum absolute atomic E-state index is 0.137. The lowest BCUT2D eigenvalue weighted by atomic mass is 10.1. The molecule has 3 rings (SSSR count). The molecule has 1 amide bonds. The molecule has 0 atom stereocenters. The summed E-state index contributed by atoms with van der Waals surface area (Å²) in [4.78, 5) is 14.8. The number of ether oxygens (including phenoxy) is 2. The summed E-state index contributed by atoms with van der Waals surface area (Å²) in [7, 11) is 0. The first-order valence-electron chi connectivity index (χ1n) is 8.76. The molecule has 2 aromatic carbocycles. The van der Waals surface area contributed by atoms with Crippen LogP contribution in [0.25, 0.3) is 0 Å². The lowest BCUT2D eigenvalue weighted by Gasteiger charge is -2.29. The Labute approximate surface area is 154 Å². The van der Waals surface area contributed by atoms with E-state index in [0.29, 0.717) is 17.9 Å². The molecule has 1 aliphatic heterocycles. The van der Waals surface area contributed by atoms with Crippen LogP contribution in [-0.4, -0.2) is 38.8 Å². The van der Waals surface area contributed by atoms with Crippen molar-refractivity contribution in [3.05, 3.63) is 66.2 Å². The Morgan fingerprint density at radius 1 is 1.23 bits per heavy atom. The average molecular weight is 352 g/mol. The van der Waals surface area contributed by atoms with E-state index in [4.69, 9.17) is 9.47 Å². The Bertz CT molecular complexity index is 765. The minimum Gasteiger partial charge on any atom is -0.490 e. The monoisotopic (exact) mass is 352 g/mol. The molecule has 0 spiro atoms. The Morgan fingerprint density at radius 2 is 1.96 bits per heavy atom. The highest BCUT2D eigenvalue weighted by atomic mass is 16.5. The highest BCUT2D eigenvalue weighted by Crippen LogP contribution is 2.24. The standard InChI is InChI=1S/C21H24N2O3/c1-3-12-26-19-7-4-17(5-8-19)21(24)22-20-9-6-18(15-16(20)2)23-10-13-25-14-11-23/h3-9,15H,1,10-14H2,2H3,(H,22,24). The van der Waals surface area contributed by atoms with E-state index in [1.54, 1.807) is 30.3 Å². The minimum atomic E-state index is -0.137. The first-order chi connectivity index (χ1) is 12.7. The van der Waals surface area contributed by atoms with Crippen molar-refractivity contribution < 1.29 is 14.3 Å². The fourth-order valence-corrected chi connectivity index (χ4v) is 2.86. The van der Waals surface area contributed by atoms with Crippen LogP contribution >= 0.6 is 0 Å². The summed E-state index contributed by atoms with van der Waals surface area (Å²) < 4.78 is 10.8. The van der Waals surface area contributed by atoms with Crippen molar-refractivity contribution in [1.82, 2.24) is 0 Å². The number of aryl methyl sites for hydroxylation is 1. The molecular weight excluding hydrogens is 328 g/mol. The zero-order chi connectivity index (χ0) is 18.4. The van der Waals surface area contributed by atoms with Crippen LogP contribution < -0.4 is 15.0 Å². The molecule has 1 heterocycles. The lowest BCUT2D eigenvalue weighted by Crippen LogP contribution is -2.36. The summed E-state index contributed by atoms with van der Waals surface area (Å²) in [5, 5.41) is 2.98. The van der Waals surface area contributed by atoms with Gasteiger partial charge in [-0.25, -0.2) is 0 Å². The quantitative estimate of drug-likeness (QED) is 0.807. The van der Waals surface area contributed by atoms with Gasteiger partial charge in [-0.3, -0.25) is 4.79 Å². The number of carbonyl (C=O) groups excluding carboxylic acids is 1. The highest BCUT2D eigenvalue weighted by molar-refractivity contribution is 6.04. The third-order valence-corrected chi connectivity index (χ3v) is 4.32. The van der Waals surface area contributed by atoms with Gasteiger partial charge < -0.3 is 19.7 Å². The largest absolute Gasteiger partial charge is 0.490 e. The third-order valence-electron chi connectivity index (χ3n) is 4.32. The van der Waals surface area contributed by atoms with Crippen molar-refractivity contribution in [3.8, 4) is 5.75 Å². The molecule has 1 fully saturated rings. The van der Waals surface area contributed by atoms with E-state index in [0.717, 1.165) is 43.2 Å². The SMILES string of the molecule is C=CCOc1ccc(C(=O)Nc2ccc(N3CCOCC3)cc2C)cc1. The predicted octanol–water partition coefficient (Wildman–Crippen LogP) is 3.65. The van der Waals surface area contributed by atoms with E-state index in [1.807, 2.05) is 19.1 Å². The van der Waals surface area contributed by atoms with E-state index in [-0.39, 0.29) is 5.91 Å². The van der Waals surface area contributed by atoms with Gasteiger partial charge in [-0.1, -0.05) is 12.7 Å². The zero-order valence-corrected chi connectivity index (χ0v) is 15.0. The Hall–Kier alpha value is -2.79. The molecule has 136 valence electrons. The molecule has 0 aliphatic carbocycles. The second-order valence-electron chi connectivity index (χ2n) is 6.18. The number of hydrogen-bond acceptors (Lipinski definition) is 4. The van der Waals surface area contributed by atoms with Crippen LogP contribution in [0.5, 0.6) is 5.75 Å². The fraction of sp³-hybridized carbons (Fsp3) is 0.286. The summed E-state index contributed by atoms with van der Waals surface area (Å²) in [6.45, 7) is 9.36. The molecule has 0 bridgehead atoms. The number of nitrogens with zero attached hydrogens (tertiary/aromatic N) is 1. The maximum Gasteiger partial charge on any atom is 0.255 e. The summed E-state index contributed by atoms with van der Waals surface area (Å²) in [5.74, 6) is 0.579. The maximum atomic E-state index is 12.5. The van der Waals surface area contributed by atoms with Gasteiger partial charge in [-0.2, -0.15) is 0 Å². The molecule has 2 aromatic rings. The first-order valence-corrected chi connectivity index (χ1v) is 8.76. The van der Waals surface area contributed by atoms with Crippen molar-refractivity contribution in [3.63, 3.8) is 0 Å². The van der Waals surface area contributed by atoms with Gasteiger partial charge in [0.05, 0.1) is 13.2 Å². The molecule has 0 saturated carbocycles. The number of rotatable bonds is 6. The number of morpholine rings is 1. The Morgan fingerprint density at radius 3 is 2.62 bits per heavy atom. The van der Waals surface area contributed by atoms with Crippen LogP contribution in [0.3, 0.4) is 0 Å². The number of anilines is 2. The number of carbonyl (C=O) groups is 1. The normalized spacial score (nSPS) is 14.0. The van der Waals surface area contributed by atoms with Gasteiger partial charge in [0.15, 0.2) is 0 Å². The van der Waals surface area contributed by atoms with Crippen LogP contribution in [-0.2, 0) is 4.74 Å². The summed E-state index contributed by atoms with van der Waals surface area (Å²) >= 11 is 0. The summed E-state index contributed by atoms with van der Waals surface area (Å²) in [6.07, 6.45) is 1.68. The fourth-order valence-electron chi connectivity index (χ4n) is 2.86. The van der Waals surface area contributed by atoms with Crippen molar-refractivity contribution in [2.24, 2.45) is 0 Å². The summed E-state index contributed by atoms with van der Waals surface area (Å²) in [5.41, 5.74) is 3.60. The third kappa shape index (κ3) is 4.43. The first kappa shape index (κ1) is 18.0. The molecule has 0 unspecified atom stereocenters. The van der Waals surface area contributed by atoms with Crippen LogP contribution in [0.2, 0.25) is 0 Å². The molecule has 0 radical (unpaired) electrons. The van der Waals surface area contributed by atoms with Crippen molar-refractivity contribution in [2.75, 3.05) is 43.1 Å². The predicted molar refractivity (Wildman–Crippen MR) is 104 cm³/mol. The van der Waals surface area contributed by atoms with E-state index in [2.05, 4.69) is 22.9 Å². The molecule has 5 nitrogen and oxygen atoms in total. The van der Waals surface area contributed by atoms with Gasteiger partial charge in [-0.15, -0.1) is 0 Å².